The van der Waals surface area contributed by atoms with Crippen LogP contribution in [0, 0.1) is 11.2 Å². The Morgan fingerprint density at radius 2 is 2.06 bits per heavy atom. The second-order valence-corrected chi connectivity index (χ2v) is 5.21. The van der Waals surface area contributed by atoms with E-state index in [9.17, 15) is 4.39 Å². The van der Waals surface area contributed by atoms with Crippen LogP contribution in [0.2, 0.25) is 0 Å². The van der Waals surface area contributed by atoms with Crippen LogP contribution in [0.5, 0.6) is 0 Å². The van der Waals surface area contributed by atoms with Gasteiger partial charge in [0, 0.05) is 17.6 Å². The van der Waals surface area contributed by atoms with Gasteiger partial charge in [0.25, 0.3) is 0 Å². The lowest BCUT2D eigenvalue weighted by Gasteiger charge is -2.35. The van der Waals surface area contributed by atoms with E-state index in [0.717, 1.165) is 6.42 Å². The van der Waals surface area contributed by atoms with E-state index in [1.165, 1.54) is 6.07 Å². The SMILES string of the molecule is CCC(C)(C)N(C)Cc1cccc(C(=N)N)c1F. The van der Waals surface area contributed by atoms with E-state index in [1.807, 2.05) is 7.05 Å². The first-order chi connectivity index (χ1) is 8.29. The summed E-state index contributed by atoms with van der Waals surface area (Å²) in [6.07, 6.45) is 0.984. The molecule has 18 heavy (non-hydrogen) atoms. The van der Waals surface area contributed by atoms with Gasteiger partial charge in [0.1, 0.15) is 11.7 Å². The maximum absolute atomic E-state index is 14.1. The van der Waals surface area contributed by atoms with Crippen molar-refractivity contribution in [2.45, 2.75) is 39.3 Å². The normalized spacial score (nSPS) is 11.9. The van der Waals surface area contributed by atoms with Crippen molar-refractivity contribution in [1.29, 1.82) is 5.41 Å². The number of nitrogens with one attached hydrogen (secondary N) is 1. The van der Waals surface area contributed by atoms with Crippen molar-refractivity contribution < 1.29 is 4.39 Å². The first kappa shape index (κ1) is 14.6. The second-order valence-electron chi connectivity index (χ2n) is 5.21. The number of hydrogen-bond donors (Lipinski definition) is 2. The number of nitrogens with two attached hydrogens (primary N) is 1. The maximum Gasteiger partial charge on any atom is 0.138 e. The zero-order valence-corrected chi connectivity index (χ0v) is 11.5. The van der Waals surface area contributed by atoms with Crippen LogP contribution in [0.1, 0.15) is 38.3 Å². The third-order valence-corrected chi connectivity index (χ3v) is 3.67. The van der Waals surface area contributed by atoms with Gasteiger partial charge in [0.05, 0.1) is 5.56 Å². The van der Waals surface area contributed by atoms with Crippen LogP contribution in [0.3, 0.4) is 0 Å². The molecular formula is C14H22FN3. The van der Waals surface area contributed by atoms with Crippen LogP contribution >= 0.6 is 0 Å². The van der Waals surface area contributed by atoms with Crippen molar-refractivity contribution >= 4 is 5.84 Å². The first-order valence-electron chi connectivity index (χ1n) is 6.12. The summed E-state index contributed by atoms with van der Waals surface area (Å²) in [7, 11) is 1.98. The highest BCUT2D eigenvalue weighted by atomic mass is 19.1. The van der Waals surface area contributed by atoms with E-state index in [-0.39, 0.29) is 22.8 Å². The van der Waals surface area contributed by atoms with Crippen LogP contribution in [0.4, 0.5) is 4.39 Å². The Labute approximate surface area is 108 Å². The molecule has 0 unspecified atom stereocenters. The van der Waals surface area contributed by atoms with Gasteiger partial charge in [-0.05, 0) is 33.4 Å². The van der Waals surface area contributed by atoms with Gasteiger partial charge >= 0.3 is 0 Å². The van der Waals surface area contributed by atoms with Crippen molar-refractivity contribution in [1.82, 2.24) is 4.90 Å². The predicted octanol–water partition coefficient (Wildman–Crippen LogP) is 2.73. The monoisotopic (exact) mass is 251 g/mol. The largest absolute Gasteiger partial charge is 0.384 e. The van der Waals surface area contributed by atoms with Crippen LogP contribution in [0.25, 0.3) is 0 Å². The number of amidine groups is 1. The first-order valence-corrected chi connectivity index (χ1v) is 6.12. The lowest BCUT2D eigenvalue weighted by molar-refractivity contribution is 0.141. The van der Waals surface area contributed by atoms with Crippen LogP contribution in [-0.2, 0) is 6.54 Å². The highest BCUT2D eigenvalue weighted by molar-refractivity contribution is 5.95. The zero-order valence-electron chi connectivity index (χ0n) is 11.5. The van der Waals surface area contributed by atoms with Crippen LogP contribution in [-0.4, -0.2) is 23.3 Å². The third-order valence-electron chi connectivity index (χ3n) is 3.67. The molecule has 0 atom stereocenters. The van der Waals surface area contributed by atoms with Gasteiger partial charge in [0.2, 0.25) is 0 Å². The summed E-state index contributed by atoms with van der Waals surface area (Å²) in [6, 6.07) is 5.01. The smallest absolute Gasteiger partial charge is 0.138 e. The summed E-state index contributed by atoms with van der Waals surface area (Å²) in [6.45, 7) is 6.87. The standard InChI is InChI=1S/C14H22FN3/c1-5-14(2,3)18(4)9-10-7-6-8-11(12(10)15)13(16)17/h6-8H,5,9H2,1-4H3,(H3,16,17). The molecule has 0 aromatic heterocycles. The molecule has 0 bridgehead atoms. The molecule has 100 valence electrons. The fourth-order valence-electron chi connectivity index (χ4n) is 1.65. The van der Waals surface area contributed by atoms with Gasteiger partial charge in [-0.1, -0.05) is 19.1 Å². The molecule has 0 saturated carbocycles. The van der Waals surface area contributed by atoms with Gasteiger partial charge in [-0.2, -0.15) is 0 Å². The maximum atomic E-state index is 14.1. The van der Waals surface area contributed by atoms with Gasteiger partial charge in [-0.15, -0.1) is 0 Å². The van der Waals surface area contributed by atoms with Crippen molar-refractivity contribution in [3.05, 3.63) is 35.1 Å². The second kappa shape index (κ2) is 5.48. The molecule has 0 aliphatic rings. The average Bonchev–Trinajstić information content (AvgIpc) is 2.31. The number of nitrogens with zero attached hydrogens (tertiary/aromatic N) is 1. The molecule has 3 nitrogen and oxygen atoms in total. The Hall–Kier alpha value is -1.42. The number of rotatable bonds is 5. The summed E-state index contributed by atoms with van der Waals surface area (Å²) >= 11 is 0. The summed E-state index contributed by atoms with van der Waals surface area (Å²) < 4.78 is 14.1. The molecule has 0 aliphatic carbocycles. The Morgan fingerprint density at radius 1 is 1.44 bits per heavy atom. The molecule has 0 fully saturated rings. The molecule has 1 rings (SSSR count). The molecule has 0 saturated heterocycles. The summed E-state index contributed by atoms with van der Waals surface area (Å²) in [5.41, 5.74) is 6.12. The fourth-order valence-corrected chi connectivity index (χ4v) is 1.65. The van der Waals surface area contributed by atoms with Gasteiger partial charge in [-0.25, -0.2) is 4.39 Å². The Kier molecular flexibility index (Phi) is 4.46. The van der Waals surface area contributed by atoms with E-state index in [2.05, 4.69) is 25.7 Å². The quantitative estimate of drug-likeness (QED) is 0.624. The van der Waals surface area contributed by atoms with E-state index in [4.69, 9.17) is 11.1 Å². The third kappa shape index (κ3) is 3.07. The van der Waals surface area contributed by atoms with Crippen molar-refractivity contribution in [2.24, 2.45) is 5.73 Å². The summed E-state index contributed by atoms with van der Waals surface area (Å²) in [5.74, 6) is -0.615. The number of halogens is 1. The fraction of sp³-hybridized carbons (Fsp3) is 0.500. The zero-order chi connectivity index (χ0) is 13.9. The van der Waals surface area contributed by atoms with Crippen LogP contribution < -0.4 is 5.73 Å². The Balaban J connectivity index is 2.99. The van der Waals surface area contributed by atoms with Gasteiger partial charge < -0.3 is 5.73 Å². The van der Waals surface area contributed by atoms with Gasteiger partial charge in [0.15, 0.2) is 0 Å². The highest BCUT2D eigenvalue weighted by Crippen LogP contribution is 2.21. The molecule has 1 aromatic carbocycles. The molecule has 0 spiro atoms. The molecule has 0 amide bonds. The summed E-state index contributed by atoms with van der Waals surface area (Å²) in [5, 5.41) is 7.34. The molecule has 0 radical (unpaired) electrons. The van der Waals surface area contributed by atoms with E-state index in [1.54, 1.807) is 12.1 Å². The minimum Gasteiger partial charge on any atom is -0.384 e. The molecule has 1 aromatic rings. The highest BCUT2D eigenvalue weighted by Gasteiger charge is 2.22. The van der Waals surface area contributed by atoms with Crippen molar-refractivity contribution in [2.75, 3.05) is 7.05 Å². The van der Waals surface area contributed by atoms with E-state index in [0.29, 0.717) is 12.1 Å². The minimum absolute atomic E-state index is 0.0126. The predicted molar refractivity (Wildman–Crippen MR) is 73.3 cm³/mol. The lowest BCUT2D eigenvalue weighted by atomic mass is 9.98. The molecule has 0 heterocycles. The van der Waals surface area contributed by atoms with E-state index >= 15 is 0 Å². The lowest BCUT2D eigenvalue weighted by Crippen LogP contribution is -2.40. The van der Waals surface area contributed by atoms with E-state index < -0.39 is 0 Å². The van der Waals surface area contributed by atoms with Crippen LogP contribution in [0.15, 0.2) is 18.2 Å². The number of nitrogen functional groups attached to an aromatic ring is 1. The molecule has 3 N–H and O–H groups in total. The minimum atomic E-state index is -0.385. The topological polar surface area (TPSA) is 53.1 Å². The van der Waals surface area contributed by atoms with Crippen molar-refractivity contribution in [3.8, 4) is 0 Å². The van der Waals surface area contributed by atoms with Crippen molar-refractivity contribution in [3.63, 3.8) is 0 Å². The Bertz CT molecular complexity index is 441. The number of benzene rings is 1. The molecule has 0 aliphatic heterocycles. The summed E-state index contributed by atoms with van der Waals surface area (Å²) in [4.78, 5) is 2.11. The Morgan fingerprint density at radius 3 is 2.56 bits per heavy atom. The average molecular weight is 251 g/mol. The van der Waals surface area contributed by atoms with Gasteiger partial charge in [-0.3, -0.25) is 10.3 Å². The molecular weight excluding hydrogens is 229 g/mol. The molecule has 4 heteroatoms. The number of hydrogen-bond acceptors (Lipinski definition) is 2.